The molecule has 98 valence electrons. The van der Waals surface area contributed by atoms with Gasteiger partial charge in [-0.25, -0.2) is 4.39 Å². The maximum absolute atomic E-state index is 13.1. The van der Waals surface area contributed by atoms with Crippen molar-refractivity contribution >= 4 is 34.8 Å². The molecular formula is C14H10Cl2FNO. The Kier molecular flexibility index (Phi) is 4.08. The zero-order valence-corrected chi connectivity index (χ0v) is 11.5. The predicted octanol–water partition coefficient (Wildman–Crippen LogP) is 4.69. The Hall–Kier alpha value is -1.58. The molecule has 0 aliphatic carbocycles. The second-order valence-corrected chi connectivity index (χ2v) is 4.86. The van der Waals surface area contributed by atoms with Gasteiger partial charge >= 0.3 is 0 Å². The third-order valence-electron chi connectivity index (χ3n) is 2.60. The van der Waals surface area contributed by atoms with Crippen LogP contribution in [0.4, 0.5) is 10.1 Å². The molecule has 0 saturated carbocycles. The van der Waals surface area contributed by atoms with Crippen LogP contribution in [0.1, 0.15) is 15.9 Å². The van der Waals surface area contributed by atoms with Gasteiger partial charge in [0.25, 0.3) is 5.91 Å². The summed E-state index contributed by atoms with van der Waals surface area (Å²) in [6, 6.07) is 8.96. The van der Waals surface area contributed by atoms with E-state index in [1.54, 1.807) is 25.1 Å². The molecule has 2 aromatic carbocycles. The fourth-order valence-corrected chi connectivity index (χ4v) is 1.86. The summed E-state index contributed by atoms with van der Waals surface area (Å²) >= 11 is 11.6. The van der Waals surface area contributed by atoms with Gasteiger partial charge in [-0.15, -0.1) is 0 Å². The number of anilines is 1. The van der Waals surface area contributed by atoms with Crippen molar-refractivity contribution < 1.29 is 9.18 Å². The molecule has 0 aromatic heterocycles. The fourth-order valence-electron chi connectivity index (χ4n) is 1.56. The van der Waals surface area contributed by atoms with Crippen molar-refractivity contribution in [1.82, 2.24) is 0 Å². The smallest absolute Gasteiger partial charge is 0.255 e. The minimum atomic E-state index is -0.342. The third kappa shape index (κ3) is 3.25. The average molecular weight is 298 g/mol. The van der Waals surface area contributed by atoms with E-state index in [1.165, 1.54) is 18.2 Å². The van der Waals surface area contributed by atoms with Gasteiger partial charge in [-0.05, 0) is 48.9 Å². The number of halogens is 3. The molecule has 2 rings (SSSR count). The number of rotatable bonds is 2. The average Bonchev–Trinajstić information content (AvgIpc) is 2.37. The summed E-state index contributed by atoms with van der Waals surface area (Å²) in [4.78, 5) is 12.0. The van der Waals surface area contributed by atoms with Crippen LogP contribution < -0.4 is 5.32 Å². The first-order valence-electron chi connectivity index (χ1n) is 5.50. The van der Waals surface area contributed by atoms with Gasteiger partial charge in [0.1, 0.15) is 5.82 Å². The van der Waals surface area contributed by atoms with Crippen molar-refractivity contribution in [2.24, 2.45) is 0 Å². The minimum absolute atomic E-state index is 0.332. The van der Waals surface area contributed by atoms with Gasteiger partial charge in [-0.3, -0.25) is 4.79 Å². The first-order valence-corrected chi connectivity index (χ1v) is 6.25. The molecular weight excluding hydrogens is 288 g/mol. The Morgan fingerprint density at radius 1 is 1.11 bits per heavy atom. The van der Waals surface area contributed by atoms with Gasteiger partial charge in [-0.1, -0.05) is 23.2 Å². The summed E-state index contributed by atoms with van der Waals surface area (Å²) in [5.74, 6) is -0.674. The van der Waals surface area contributed by atoms with Crippen LogP contribution in [0.25, 0.3) is 0 Å². The molecule has 0 unspecified atom stereocenters. The molecule has 0 fully saturated rings. The molecule has 2 aromatic rings. The Morgan fingerprint density at radius 3 is 2.47 bits per heavy atom. The van der Waals surface area contributed by atoms with Crippen molar-refractivity contribution in [1.29, 1.82) is 0 Å². The van der Waals surface area contributed by atoms with Crippen LogP contribution in [0, 0.1) is 12.7 Å². The van der Waals surface area contributed by atoms with Gasteiger partial charge in [0, 0.05) is 11.3 Å². The van der Waals surface area contributed by atoms with Gasteiger partial charge in [0.15, 0.2) is 0 Å². The summed E-state index contributed by atoms with van der Waals surface area (Å²) < 4.78 is 13.1. The second-order valence-electron chi connectivity index (χ2n) is 4.05. The highest BCUT2D eigenvalue weighted by atomic mass is 35.5. The molecule has 1 N–H and O–H groups in total. The number of hydrogen-bond donors (Lipinski definition) is 1. The van der Waals surface area contributed by atoms with Crippen LogP contribution in [0.2, 0.25) is 10.0 Å². The number of hydrogen-bond acceptors (Lipinski definition) is 1. The van der Waals surface area contributed by atoms with E-state index in [0.717, 1.165) is 0 Å². The van der Waals surface area contributed by atoms with Crippen LogP contribution >= 0.6 is 23.2 Å². The normalized spacial score (nSPS) is 10.3. The molecule has 1 amide bonds. The molecule has 2 nitrogen and oxygen atoms in total. The van der Waals surface area contributed by atoms with E-state index in [4.69, 9.17) is 23.2 Å². The zero-order chi connectivity index (χ0) is 14.0. The highest BCUT2D eigenvalue weighted by molar-refractivity contribution is 6.42. The van der Waals surface area contributed by atoms with Gasteiger partial charge in [0.05, 0.1) is 10.0 Å². The van der Waals surface area contributed by atoms with Crippen molar-refractivity contribution in [3.05, 3.63) is 63.4 Å². The van der Waals surface area contributed by atoms with E-state index in [0.29, 0.717) is 26.9 Å². The lowest BCUT2D eigenvalue weighted by Crippen LogP contribution is -2.12. The highest BCUT2D eigenvalue weighted by Crippen LogP contribution is 2.25. The van der Waals surface area contributed by atoms with E-state index in [9.17, 15) is 9.18 Å². The zero-order valence-electron chi connectivity index (χ0n) is 10.0. The van der Waals surface area contributed by atoms with Crippen LogP contribution in [-0.4, -0.2) is 5.91 Å². The van der Waals surface area contributed by atoms with Crippen molar-refractivity contribution in [2.75, 3.05) is 5.32 Å². The minimum Gasteiger partial charge on any atom is -0.322 e. The van der Waals surface area contributed by atoms with Crippen LogP contribution in [0.15, 0.2) is 36.4 Å². The molecule has 0 atom stereocenters. The summed E-state index contributed by atoms with van der Waals surface area (Å²) in [6.07, 6.45) is 0. The van der Waals surface area contributed by atoms with Crippen molar-refractivity contribution in [3.63, 3.8) is 0 Å². The van der Waals surface area contributed by atoms with Crippen LogP contribution in [0.3, 0.4) is 0 Å². The van der Waals surface area contributed by atoms with Crippen molar-refractivity contribution in [2.45, 2.75) is 6.92 Å². The molecule has 5 heteroatoms. The van der Waals surface area contributed by atoms with E-state index < -0.39 is 0 Å². The lowest BCUT2D eigenvalue weighted by molar-refractivity contribution is 0.102. The molecule has 0 bridgehead atoms. The molecule has 0 aliphatic heterocycles. The first-order chi connectivity index (χ1) is 8.97. The van der Waals surface area contributed by atoms with E-state index >= 15 is 0 Å². The number of amides is 1. The summed E-state index contributed by atoms with van der Waals surface area (Å²) in [7, 11) is 0. The largest absolute Gasteiger partial charge is 0.322 e. The molecule has 0 radical (unpaired) electrons. The predicted molar refractivity (Wildman–Crippen MR) is 75.6 cm³/mol. The van der Waals surface area contributed by atoms with Crippen LogP contribution in [-0.2, 0) is 0 Å². The molecule has 0 aliphatic rings. The van der Waals surface area contributed by atoms with E-state index in [1.807, 2.05) is 0 Å². The fraction of sp³-hybridized carbons (Fsp3) is 0.0714. The van der Waals surface area contributed by atoms with Crippen molar-refractivity contribution in [3.8, 4) is 0 Å². The number of carbonyl (C=O) groups is 1. The lowest BCUT2D eigenvalue weighted by atomic mass is 10.1. The van der Waals surface area contributed by atoms with Crippen LogP contribution in [0.5, 0.6) is 0 Å². The number of benzene rings is 2. The summed E-state index contributed by atoms with van der Waals surface area (Å²) in [5, 5.41) is 3.44. The standard InChI is InChI=1S/C14H10Cl2FNO/c1-8-6-9(2-5-13(8)17)14(19)18-10-3-4-11(15)12(16)7-10/h2-7H,1H3,(H,18,19). The summed E-state index contributed by atoms with van der Waals surface area (Å²) in [6.45, 7) is 1.60. The molecule has 0 heterocycles. The Labute approximate surface area is 120 Å². The molecule has 0 saturated heterocycles. The Balaban J connectivity index is 2.20. The number of carbonyl (C=O) groups excluding carboxylic acids is 1. The van der Waals surface area contributed by atoms with Gasteiger partial charge in [0.2, 0.25) is 0 Å². The topological polar surface area (TPSA) is 29.1 Å². The Morgan fingerprint density at radius 2 is 1.84 bits per heavy atom. The lowest BCUT2D eigenvalue weighted by Gasteiger charge is -2.07. The second kappa shape index (κ2) is 5.59. The highest BCUT2D eigenvalue weighted by Gasteiger charge is 2.09. The SMILES string of the molecule is Cc1cc(C(=O)Nc2ccc(Cl)c(Cl)c2)ccc1F. The van der Waals surface area contributed by atoms with E-state index in [2.05, 4.69) is 5.32 Å². The summed E-state index contributed by atoms with van der Waals surface area (Å²) in [5.41, 5.74) is 1.33. The molecule has 0 spiro atoms. The maximum Gasteiger partial charge on any atom is 0.255 e. The Bertz CT molecular complexity index is 643. The first kappa shape index (κ1) is 13.8. The maximum atomic E-state index is 13.1. The number of aryl methyl sites for hydroxylation is 1. The van der Waals surface area contributed by atoms with Gasteiger partial charge < -0.3 is 5.32 Å². The number of nitrogens with one attached hydrogen (secondary N) is 1. The van der Waals surface area contributed by atoms with E-state index in [-0.39, 0.29) is 11.7 Å². The monoisotopic (exact) mass is 297 g/mol. The van der Waals surface area contributed by atoms with Gasteiger partial charge in [-0.2, -0.15) is 0 Å². The molecule has 19 heavy (non-hydrogen) atoms. The quantitative estimate of drug-likeness (QED) is 0.856. The third-order valence-corrected chi connectivity index (χ3v) is 3.34.